The molecule has 0 aliphatic carbocycles. The Balaban J connectivity index is 0.00000242. The highest BCUT2D eigenvalue weighted by Crippen LogP contribution is 2.13. The summed E-state index contributed by atoms with van der Waals surface area (Å²) in [6, 6.07) is 6.32. The third-order valence-corrected chi connectivity index (χ3v) is 3.84. The van der Waals surface area contributed by atoms with Gasteiger partial charge in [0.05, 0.1) is 0 Å². The van der Waals surface area contributed by atoms with Gasteiger partial charge in [0, 0.05) is 18.8 Å². The Labute approximate surface area is 151 Å². The number of hydrogen-bond acceptors (Lipinski definition) is 2. The quantitative estimate of drug-likeness (QED) is 0.440. The number of benzene rings is 1. The molecule has 22 heavy (non-hydrogen) atoms. The molecule has 3 N–H and O–H groups in total. The highest BCUT2D eigenvalue weighted by molar-refractivity contribution is 14.0. The van der Waals surface area contributed by atoms with E-state index in [2.05, 4.69) is 54.2 Å². The van der Waals surface area contributed by atoms with Gasteiger partial charge in [0.1, 0.15) is 0 Å². The maximum absolute atomic E-state index is 5.99. The van der Waals surface area contributed by atoms with Crippen molar-refractivity contribution in [2.45, 2.75) is 33.6 Å². The van der Waals surface area contributed by atoms with Crippen LogP contribution in [0.15, 0.2) is 23.2 Å². The molecule has 0 saturated carbocycles. The van der Waals surface area contributed by atoms with Crippen LogP contribution in [0.2, 0.25) is 0 Å². The number of anilines is 1. The minimum atomic E-state index is 0. The minimum Gasteiger partial charge on any atom is -0.370 e. The second-order valence-electron chi connectivity index (χ2n) is 6.34. The molecule has 1 atom stereocenters. The summed E-state index contributed by atoms with van der Waals surface area (Å²) >= 11 is 0. The topological polar surface area (TPSA) is 53.6 Å². The maximum Gasteiger partial charge on any atom is 0.193 e. The van der Waals surface area contributed by atoms with Crippen LogP contribution in [0.25, 0.3) is 0 Å². The molecule has 1 aromatic carbocycles. The standard InChI is InChI=1S/C17H28N4.HI/c1-13-8-14(2)10-16(9-13)20-17(18)19-11-15(3)12-21-6-4-5-7-21;/h8-10,15H,4-7,11-12H2,1-3H3,(H3,18,19,20);1H. The van der Waals surface area contributed by atoms with Gasteiger partial charge in [-0.25, -0.2) is 0 Å². The number of hydrogen-bond donors (Lipinski definition) is 2. The molecule has 1 fully saturated rings. The molecule has 5 heteroatoms. The monoisotopic (exact) mass is 416 g/mol. The van der Waals surface area contributed by atoms with Crippen molar-refractivity contribution in [3.8, 4) is 0 Å². The van der Waals surface area contributed by atoms with E-state index in [1.807, 2.05) is 0 Å². The average Bonchev–Trinajstić information content (AvgIpc) is 2.88. The number of halogens is 1. The zero-order valence-electron chi connectivity index (χ0n) is 13.9. The molecule has 1 aliphatic heterocycles. The van der Waals surface area contributed by atoms with Gasteiger partial charge in [-0.05, 0) is 69.0 Å². The van der Waals surface area contributed by atoms with Crippen LogP contribution in [0.4, 0.5) is 5.69 Å². The van der Waals surface area contributed by atoms with Crippen molar-refractivity contribution in [1.29, 1.82) is 0 Å². The summed E-state index contributed by atoms with van der Waals surface area (Å²) in [4.78, 5) is 7.00. The second-order valence-corrected chi connectivity index (χ2v) is 6.34. The van der Waals surface area contributed by atoms with Gasteiger partial charge in [-0.2, -0.15) is 0 Å². The fraction of sp³-hybridized carbons (Fsp3) is 0.588. The van der Waals surface area contributed by atoms with Crippen molar-refractivity contribution >= 4 is 35.6 Å². The molecule has 0 aromatic heterocycles. The highest BCUT2D eigenvalue weighted by Gasteiger charge is 2.14. The van der Waals surface area contributed by atoms with Crippen LogP contribution in [-0.2, 0) is 0 Å². The van der Waals surface area contributed by atoms with E-state index in [1.165, 1.54) is 37.1 Å². The first-order valence-corrected chi connectivity index (χ1v) is 7.90. The molecule has 0 amide bonds. The van der Waals surface area contributed by atoms with E-state index < -0.39 is 0 Å². The van der Waals surface area contributed by atoms with Crippen molar-refractivity contribution in [2.75, 3.05) is 31.5 Å². The fourth-order valence-corrected chi connectivity index (χ4v) is 2.95. The summed E-state index contributed by atoms with van der Waals surface area (Å²) in [6.45, 7) is 10.8. The molecule has 1 unspecified atom stereocenters. The predicted molar refractivity (Wildman–Crippen MR) is 106 cm³/mol. The van der Waals surface area contributed by atoms with E-state index in [1.54, 1.807) is 0 Å². The van der Waals surface area contributed by atoms with E-state index in [4.69, 9.17) is 5.73 Å². The van der Waals surface area contributed by atoms with Gasteiger partial charge >= 0.3 is 0 Å². The number of aliphatic imine (C=N–C) groups is 1. The molecule has 0 radical (unpaired) electrons. The van der Waals surface area contributed by atoms with Gasteiger partial charge in [-0.15, -0.1) is 24.0 Å². The number of guanidine groups is 1. The Hall–Kier alpha value is -0.820. The maximum atomic E-state index is 5.99. The summed E-state index contributed by atoms with van der Waals surface area (Å²) in [7, 11) is 0. The number of likely N-dealkylation sites (tertiary alicyclic amines) is 1. The van der Waals surface area contributed by atoms with Crippen LogP contribution < -0.4 is 11.1 Å². The summed E-state index contributed by atoms with van der Waals surface area (Å²) in [5.41, 5.74) is 9.46. The lowest BCUT2D eigenvalue weighted by Crippen LogP contribution is -2.28. The second kappa shape index (κ2) is 9.35. The third-order valence-electron chi connectivity index (χ3n) is 3.84. The van der Waals surface area contributed by atoms with E-state index in [9.17, 15) is 0 Å². The smallest absolute Gasteiger partial charge is 0.193 e. The van der Waals surface area contributed by atoms with Crippen LogP contribution in [0.5, 0.6) is 0 Å². The van der Waals surface area contributed by atoms with Crippen molar-refractivity contribution in [3.05, 3.63) is 29.3 Å². The average molecular weight is 416 g/mol. The number of aryl methyl sites for hydroxylation is 2. The predicted octanol–water partition coefficient (Wildman–Crippen LogP) is 3.38. The van der Waals surface area contributed by atoms with E-state index in [0.717, 1.165) is 18.8 Å². The molecule has 1 heterocycles. The van der Waals surface area contributed by atoms with Crippen LogP contribution in [0, 0.1) is 19.8 Å². The van der Waals surface area contributed by atoms with Crippen molar-refractivity contribution in [2.24, 2.45) is 16.6 Å². The van der Waals surface area contributed by atoms with E-state index in [0.29, 0.717) is 11.9 Å². The fourth-order valence-electron chi connectivity index (χ4n) is 2.95. The molecular weight excluding hydrogens is 387 g/mol. The molecule has 4 nitrogen and oxygen atoms in total. The first-order valence-electron chi connectivity index (χ1n) is 7.90. The molecule has 1 aromatic rings. The number of nitrogens with two attached hydrogens (primary N) is 1. The van der Waals surface area contributed by atoms with Gasteiger partial charge in [-0.1, -0.05) is 13.0 Å². The Bertz CT molecular complexity index is 475. The SMILES string of the molecule is Cc1cc(C)cc(NC(N)=NCC(C)CN2CCCC2)c1.I. The lowest BCUT2D eigenvalue weighted by atomic mass is 10.1. The number of rotatable bonds is 5. The number of nitrogens with one attached hydrogen (secondary N) is 1. The molecule has 0 bridgehead atoms. The van der Waals surface area contributed by atoms with Gasteiger partial charge < -0.3 is 16.0 Å². The lowest BCUT2D eigenvalue weighted by molar-refractivity contribution is 0.292. The summed E-state index contributed by atoms with van der Waals surface area (Å²) in [6.07, 6.45) is 2.68. The minimum absolute atomic E-state index is 0. The number of nitrogens with zero attached hydrogens (tertiary/aromatic N) is 2. The first kappa shape index (κ1) is 19.2. The zero-order chi connectivity index (χ0) is 15.2. The molecule has 2 rings (SSSR count). The van der Waals surface area contributed by atoms with Crippen molar-refractivity contribution in [1.82, 2.24) is 4.90 Å². The van der Waals surface area contributed by atoms with Crippen LogP contribution in [0.3, 0.4) is 0 Å². The summed E-state index contributed by atoms with van der Waals surface area (Å²) in [5, 5.41) is 3.19. The van der Waals surface area contributed by atoms with E-state index >= 15 is 0 Å². The Morgan fingerprint density at radius 3 is 2.41 bits per heavy atom. The van der Waals surface area contributed by atoms with Crippen LogP contribution in [0.1, 0.15) is 30.9 Å². The lowest BCUT2D eigenvalue weighted by Gasteiger charge is -2.19. The highest BCUT2D eigenvalue weighted by atomic mass is 127. The van der Waals surface area contributed by atoms with Crippen molar-refractivity contribution < 1.29 is 0 Å². The van der Waals surface area contributed by atoms with Gasteiger partial charge in [0.25, 0.3) is 0 Å². The molecule has 0 spiro atoms. The largest absolute Gasteiger partial charge is 0.370 e. The molecule has 124 valence electrons. The normalized spacial score (nSPS) is 17.1. The Kier molecular flexibility index (Phi) is 8.17. The Morgan fingerprint density at radius 1 is 1.23 bits per heavy atom. The first-order chi connectivity index (χ1) is 10.0. The zero-order valence-corrected chi connectivity index (χ0v) is 16.3. The van der Waals surface area contributed by atoms with Crippen molar-refractivity contribution in [3.63, 3.8) is 0 Å². The van der Waals surface area contributed by atoms with Gasteiger partial charge in [0.15, 0.2) is 5.96 Å². The van der Waals surface area contributed by atoms with Gasteiger partial charge in [-0.3, -0.25) is 4.99 Å². The van der Waals surface area contributed by atoms with Gasteiger partial charge in [0.2, 0.25) is 0 Å². The van der Waals surface area contributed by atoms with Crippen LogP contribution >= 0.6 is 24.0 Å². The third kappa shape index (κ3) is 6.52. The van der Waals surface area contributed by atoms with E-state index in [-0.39, 0.29) is 24.0 Å². The summed E-state index contributed by atoms with van der Waals surface area (Å²) in [5.74, 6) is 1.05. The molecular formula is C17H29IN4. The summed E-state index contributed by atoms with van der Waals surface area (Å²) < 4.78 is 0. The van der Waals surface area contributed by atoms with Crippen LogP contribution in [-0.4, -0.2) is 37.0 Å². The Morgan fingerprint density at radius 2 is 1.82 bits per heavy atom. The molecule has 1 saturated heterocycles. The molecule has 1 aliphatic rings.